The van der Waals surface area contributed by atoms with Crippen LogP contribution in [0.1, 0.15) is 58.6 Å². The Balaban J connectivity index is 1.90. The van der Waals surface area contributed by atoms with Crippen molar-refractivity contribution >= 4 is 14.4 Å². The third-order valence-electron chi connectivity index (χ3n) is 7.65. The van der Waals surface area contributed by atoms with Crippen molar-refractivity contribution in [1.82, 2.24) is 4.90 Å². The van der Waals surface area contributed by atoms with Gasteiger partial charge in [-0.15, -0.1) is 0 Å². The summed E-state index contributed by atoms with van der Waals surface area (Å²) in [6.45, 7) is 14.3. The van der Waals surface area contributed by atoms with Crippen LogP contribution in [-0.2, 0) is 15.8 Å². The maximum absolute atomic E-state index is 13.1. The number of piperidine rings is 1. The second-order valence-electron chi connectivity index (χ2n) is 10.8. The number of ether oxygens (including phenoxy) is 2. The molecule has 36 heavy (non-hydrogen) atoms. The fourth-order valence-corrected chi connectivity index (χ4v) is 11.6. The standard InChI is InChI=1S/C29H43NO5Si/c1-20(2)36(21(3)4,22(5)6)35-27-18-30(29(32)34-19-23-11-9-8-10-12-23)17-26(31)28(27)24-13-15-25(33-7)16-14-24/h8-16,20-22,26-28,31H,17-19H2,1-7H3/t26-,27+,28+/m0/s1. The number of likely N-dealkylation sites (tertiary alicyclic amines) is 1. The predicted octanol–water partition coefficient (Wildman–Crippen LogP) is 6.35. The first-order chi connectivity index (χ1) is 17.1. The van der Waals surface area contributed by atoms with Crippen molar-refractivity contribution in [3.63, 3.8) is 0 Å². The van der Waals surface area contributed by atoms with E-state index in [-0.39, 0.29) is 25.2 Å². The molecular formula is C29H43NO5Si. The number of hydrogen-bond acceptors (Lipinski definition) is 5. The van der Waals surface area contributed by atoms with E-state index in [4.69, 9.17) is 13.9 Å². The molecule has 1 N–H and O–H groups in total. The molecular weight excluding hydrogens is 470 g/mol. The lowest BCUT2D eigenvalue weighted by molar-refractivity contribution is -0.0255. The number of methoxy groups -OCH3 is 1. The molecule has 0 saturated carbocycles. The highest BCUT2D eigenvalue weighted by Crippen LogP contribution is 2.45. The number of aliphatic hydroxyl groups excluding tert-OH is 1. The van der Waals surface area contributed by atoms with Crippen LogP contribution in [0.3, 0.4) is 0 Å². The molecule has 7 heteroatoms. The van der Waals surface area contributed by atoms with Gasteiger partial charge in [-0.05, 0) is 39.9 Å². The molecule has 198 valence electrons. The van der Waals surface area contributed by atoms with Gasteiger partial charge in [0, 0.05) is 12.5 Å². The van der Waals surface area contributed by atoms with Crippen molar-refractivity contribution in [2.24, 2.45) is 0 Å². The lowest BCUT2D eigenvalue weighted by Gasteiger charge is -2.49. The summed E-state index contributed by atoms with van der Waals surface area (Å²) in [5.74, 6) is 0.514. The minimum Gasteiger partial charge on any atom is -0.497 e. The molecule has 3 atom stereocenters. The number of aliphatic hydroxyl groups is 1. The van der Waals surface area contributed by atoms with E-state index in [9.17, 15) is 9.90 Å². The van der Waals surface area contributed by atoms with E-state index in [1.807, 2.05) is 54.6 Å². The number of carbonyl (C=O) groups is 1. The third kappa shape index (κ3) is 6.13. The molecule has 1 amide bonds. The fraction of sp³-hybridized carbons (Fsp3) is 0.552. The number of nitrogens with zero attached hydrogens (tertiary/aromatic N) is 1. The van der Waals surface area contributed by atoms with Gasteiger partial charge in [-0.1, -0.05) is 84.0 Å². The summed E-state index contributed by atoms with van der Waals surface area (Å²) in [4.78, 5) is 14.7. The molecule has 1 aliphatic rings. The topological polar surface area (TPSA) is 68.2 Å². The van der Waals surface area contributed by atoms with Crippen molar-refractivity contribution in [1.29, 1.82) is 0 Å². The van der Waals surface area contributed by atoms with Gasteiger partial charge in [0.25, 0.3) is 0 Å². The molecule has 3 rings (SSSR count). The van der Waals surface area contributed by atoms with E-state index in [1.165, 1.54) is 0 Å². The van der Waals surface area contributed by atoms with Crippen molar-refractivity contribution in [2.45, 2.75) is 82.9 Å². The molecule has 0 unspecified atom stereocenters. The Labute approximate surface area is 217 Å². The van der Waals surface area contributed by atoms with Gasteiger partial charge < -0.3 is 23.9 Å². The number of β-amino-alcohol motifs (C(OH)–C–C–N with tert-alkyl or cyclic N) is 1. The Kier molecular flexibility index (Phi) is 9.61. The molecule has 6 nitrogen and oxygen atoms in total. The lowest BCUT2D eigenvalue weighted by atomic mass is 9.85. The van der Waals surface area contributed by atoms with E-state index in [2.05, 4.69) is 41.5 Å². The monoisotopic (exact) mass is 513 g/mol. The van der Waals surface area contributed by atoms with Crippen LogP contribution in [0.25, 0.3) is 0 Å². The molecule has 0 aromatic heterocycles. The van der Waals surface area contributed by atoms with Crippen molar-refractivity contribution in [3.8, 4) is 5.75 Å². The Hall–Kier alpha value is -2.35. The summed E-state index contributed by atoms with van der Waals surface area (Å²) >= 11 is 0. The van der Waals surface area contributed by atoms with Crippen LogP contribution in [0.4, 0.5) is 4.79 Å². The summed E-state index contributed by atoms with van der Waals surface area (Å²) in [7, 11) is -0.645. The maximum atomic E-state index is 13.1. The normalized spacial score (nSPS) is 20.8. The van der Waals surface area contributed by atoms with Crippen LogP contribution in [0.5, 0.6) is 5.75 Å². The highest BCUT2D eigenvalue weighted by molar-refractivity contribution is 6.77. The van der Waals surface area contributed by atoms with Crippen LogP contribution < -0.4 is 4.74 Å². The van der Waals surface area contributed by atoms with E-state index in [0.29, 0.717) is 23.2 Å². The van der Waals surface area contributed by atoms with Crippen LogP contribution in [0.2, 0.25) is 16.6 Å². The molecule has 1 aliphatic heterocycles. The number of rotatable bonds is 9. The first-order valence-electron chi connectivity index (χ1n) is 13.1. The fourth-order valence-electron chi connectivity index (χ4n) is 6.00. The SMILES string of the molecule is COc1ccc([C@@H]2[C@@H](O)CN(C(=O)OCc3ccccc3)C[C@H]2O[Si](C(C)C)(C(C)C)C(C)C)cc1. The van der Waals surface area contributed by atoms with Gasteiger partial charge in [0.05, 0.1) is 25.9 Å². The molecule has 2 aromatic carbocycles. The molecule has 2 aromatic rings. The minimum atomic E-state index is -2.29. The lowest BCUT2D eigenvalue weighted by Crippen LogP contribution is -2.59. The number of hydrogen-bond donors (Lipinski definition) is 1. The highest BCUT2D eigenvalue weighted by Gasteiger charge is 2.50. The predicted molar refractivity (Wildman–Crippen MR) is 146 cm³/mol. The summed E-state index contributed by atoms with van der Waals surface area (Å²) in [5, 5.41) is 11.4. The van der Waals surface area contributed by atoms with E-state index in [1.54, 1.807) is 12.0 Å². The highest BCUT2D eigenvalue weighted by atomic mass is 28.4. The Morgan fingerprint density at radius 1 is 0.944 bits per heavy atom. The molecule has 1 heterocycles. The van der Waals surface area contributed by atoms with E-state index in [0.717, 1.165) is 16.9 Å². The van der Waals surface area contributed by atoms with Crippen molar-refractivity contribution in [3.05, 3.63) is 65.7 Å². The average Bonchev–Trinajstić information content (AvgIpc) is 2.85. The number of carbonyl (C=O) groups excluding carboxylic acids is 1. The van der Waals surface area contributed by atoms with Crippen LogP contribution in [-0.4, -0.2) is 56.8 Å². The zero-order valence-electron chi connectivity index (χ0n) is 22.8. The quantitative estimate of drug-likeness (QED) is 0.396. The summed E-state index contributed by atoms with van der Waals surface area (Å²) < 4.78 is 18.2. The smallest absolute Gasteiger partial charge is 0.410 e. The Morgan fingerprint density at radius 3 is 2.06 bits per heavy atom. The van der Waals surface area contributed by atoms with Crippen LogP contribution in [0.15, 0.2) is 54.6 Å². The Bertz CT molecular complexity index is 942. The summed E-state index contributed by atoms with van der Waals surface area (Å²) in [5.41, 5.74) is 3.06. The van der Waals surface area contributed by atoms with Gasteiger partial charge in [-0.25, -0.2) is 4.79 Å². The van der Waals surface area contributed by atoms with Crippen LogP contribution >= 0.6 is 0 Å². The first-order valence-corrected chi connectivity index (χ1v) is 15.2. The van der Waals surface area contributed by atoms with Gasteiger partial charge in [-0.2, -0.15) is 0 Å². The van der Waals surface area contributed by atoms with E-state index < -0.39 is 20.5 Å². The van der Waals surface area contributed by atoms with E-state index >= 15 is 0 Å². The second-order valence-corrected chi connectivity index (χ2v) is 16.2. The number of amides is 1. The largest absolute Gasteiger partial charge is 0.497 e. The maximum Gasteiger partial charge on any atom is 0.410 e. The molecule has 0 aliphatic carbocycles. The second kappa shape index (κ2) is 12.3. The van der Waals surface area contributed by atoms with Gasteiger partial charge in [0.1, 0.15) is 12.4 Å². The minimum absolute atomic E-state index is 0.197. The van der Waals surface area contributed by atoms with Crippen molar-refractivity contribution < 1.29 is 23.8 Å². The van der Waals surface area contributed by atoms with Crippen LogP contribution in [0, 0.1) is 0 Å². The summed E-state index contributed by atoms with van der Waals surface area (Å²) in [6.07, 6.45) is -1.55. The average molecular weight is 514 g/mol. The van der Waals surface area contributed by atoms with Gasteiger partial charge in [0.15, 0.2) is 0 Å². The molecule has 1 fully saturated rings. The molecule has 1 saturated heterocycles. The Morgan fingerprint density at radius 2 is 1.53 bits per heavy atom. The zero-order chi connectivity index (χ0) is 26.5. The summed E-state index contributed by atoms with van der Waals surface area (Å²) in [6, 6.07) is 17.5. The molecule has 0 radical (unpaired) electrons. The van der Waals surface area contributed by atoms with Gasteiger partial charge >= 0.3 is 6.09 Å². The van der Waals surface area contributed by atoms with Gasteiger partial charge in [0.2, 0.25) is 8.32 Å². The molecule has 0 spiro atoms. The van der Waals surface area contributed by atoms with Gasteiger partial charge in [-0.3, -0.25) is 0 Å². The first kappa shape index (κ1) is 28.2. The van der Waals surface area contributed by atoms with Crippen molar-refractivity contribution in [2.75, 3.05) is 20.2 Å². The third-order valence-corrected chi connectivity index (χ3v) is 13.8. The number of benzene rings is 2. The zero-order valence-corrected chi connectivity index (χ0v) is 23.8. The molecule has 0 bridgehead atoms.